The predicted molar refractivity (Wildman–Crippen MR) is 90.5 cm³/mol. The Labute approximate surface area is 138 Å². The lowest BCUT2D eigenvalue weighted by Gasteiger charge is -2.07. The monoisotopic (exact) mass is 329 g/mol. The summed E-state index contributed by atoms with van der Waals surface area (Å²) in [5.41, 5.74) is 2.55. The lowest BCUT2D eigenvalue weighted by atomic mass is 10.2. The number of anilines is 1. The van der Waals surface area contributed by atoms with Crippen molar-refractivity contribution in [1.29, 1.82) is 0 Å². The SMILES string of the molecule is CCc1nc2c(OC)cccn2c1C(=O)Nc1ccc(Cl)cc1. The third-order valence-corrected chi connectivity index (χ3v) is 3.81. The molecule has 0 atom stereocenters. The molecular formula is C17H16ClN3O2. The maximum absolute atomic E-state index is 12.7. The topological polar surface area (TPSA) is 55.6 Å². The number of hydrogen-bond donors (Lipinski definition) is 1. The van der Waals surface area contributed by atoms with E-state index >= 15 is 0 Å². The van der Waals surface area contributed by atoms with Gasteiger partial charge in [0, 0.05) is 16.9 Å². The Hall–Kier alpha value is -2.53. The van der Waals surface area contributed by atoms with Gasteiger partial charge in [0.2, 0.25) is 0 Å². The third kappa shape index (κ3) is 2.87. The van der Waals surface area contributed by atoms with Crippen molar-refractivity contribution in [2.24, 2.45) is 0 Å². The lowest BCUT2D eigenvalue weighted by Crippen LogP contribution is -2.16. The Morgan fingerprint density at radius 3 is 2.70 bits per heavy atom. The van der Waals surface area contributed by atoms with Crippen molar-refractivity contribution in [1.82, 2.24) is 9.38 Å². The number of fused-ring (bicyclic) bond motifs is 1. The summed E-state index contributed by atoms with van der Waals surface area (Å²) >= 11 is 5.87. The van der Waals surface area contributed by atoms with E-state index in [-0.39, 0.29) is 5.91 Å². The minimum Gasteiger partial charge on any atom is -0.493 e. The number of ether oxygens (including phenoxy) is 1. The molecule has 2 heterocycles. The quantitative estimate of drug-likeness (QED) is 0.791. The first-order valence-electron chi connectivity index (χ1n) is 7.25. The Balaban J connectivity index is 2.04. The van der Waals surface area contributed by atoms with E-state index in [2.05, 4.69) is 10.3 Å². The van der Waals surface area contributed by atoms with Gasteiger partial charge in [-0.2, -0.15) is 0 Å². The van der Waals surface area contributed by atoms with Crippen LogP contribution in [0.3, 0.4) is 0 Å². The van der Waals surface area contributed by atoms with Gasteiger partial charge < -0.3 is 10.1 Å². The molecule has 5 nitrogen and oxygen atoms in total. The van der Waals surface area contributed by atoms with E-state index in [4.69, 9.17) is 16.3 Å². The molecule has 0 radical (unpaired) electrons. The Morgan fingerprint density at radius 1 is 1.30 bits per heavy atom. The first kappa shape index (κ1) is 15.4. The zero-order valence-electron chi connectivity index (χ0n) is 12.8. The molecule has 1 amide bonds. The number of halogens is 1. The summed E-state index contributed by atoms with van der Waals surface area (Å²) in [4.78, 5) is 17.2. The molecule has 0 spiro atoms. The Bertz CT molecular complexity index is 856. The maximum Gasteiger partial charge on any atom is 0.274 e. The fourth-order valence-corrected chi connectivity index (χ4v) is 2.59. The number of amides is 1. The molecule has 23 heavy (non-hydrogen) atoms. The molecule has 0 aliphatic heterocycles. The van der Waals surface area contributed by atoms with Crippen molar-refractivity contribution in [2.75, 3.05) is 12.4 Å². The van der Waals surface area contributed by atoms with E-state index in [9.17, 15) is 4.79 Å². The van der Waals surface area contributed by atoms with Gasteiger partial charge in [-0.1, -0.05) is 18.5 Å². The molecule has 0 fully saturated rings. The molecule has 2 aromatic heterocycles. The van der Waals surface area contributed by atoms with Crippen LogP contribution in [0.2, 0.25) is 5.02 Å². The van der Waals surface area contributed by atoms with Crippen LogP contribution in [0.5, 0.6) is 5.75 Å². The molecule has 1 aromatic carbocycles. The summed E-state index contributed by atoms with van der Waals surface area (Å²) in [5.74, 6) is 0.415. The molecule has 0 saturated heterocycles. The summed E-state index contributed by atoms with van der Waals surface area (Å²) in [6.07, 6.45) is 2.45. The van der Waals surface area contributed by atoms with Gasteiger partial charge in [0.1, 0.15) is 5.69 Å². The van der Waals surface area contributed by atoms with Crippen molar-refractivity contribution in [3.8, 4) is 5.75 Å². The minimum absolute atomic E-state index is 0.218. The predicted octanol–water partition coefficient (Wildman–Crippen LogP) is 3.81. The van der Waals surface area contributed by atoms with Crippen LogP contribution in [0.1, 0.15) is 23.1 Å². The average Bonchev–Trinajstić information content (AvgIpc) is 2.95. The van der Waals surface area contributed by atoms with Crippen molar-refractivity contribution >= 4 is 28.8 Å². The Morgan fingerprint density at radius 2 is 2.04 bits per heavy atom. The minimum atomic E-state index is -0.218. The molecule has 3 aromatic rings. The third-order valence-electron chi connectivity index (χ3n) is 3.56. The largest absolute Gasteiger partial charge is 0.493 e. The highest BCUT2D eigenvalue weighted by Crippen LogP contribution is 2.23. The summed E-state index contributed by atoms with van der Waals surface area (Å²) in [6, 6.07) is 10.6. The number of nitrogens with zero attached hydrogens (tertiary/aromatic N) is 2. The Kier molecular flexibility index (Phi) is 4.21. The second kappa shape index (κ2) is 6.30. The van der Waals surface area contributed by atoms with Gasteiger partial charge in [0.25, 0.3) is 5.91 Å². The van der Waals surface area contributed by atoms with Crippen LogP contribution in [0, 0.1) is 0 Å². The summed E-state index contributed by atoms with van der Waals surface area (Å²) in [6.45, 7) is 1.97. The number of hydrogen-bond acceptors (Lipinski definition) is 3. The molecule has 6 heteroatoms. The first-order chi connectivity index (χ1) is 11.1. The van der Waals surface area contributed by atoms with Crippen LogP contribution in [0.4, 0.5) is 5.69 Å². The fourth-order valence-electron chi connectivity index (χ4n) is 2.46. The van der Waals surface area contributed by atoms with E-state index < -0.39 is 0 Å². The number of rotatable bonds is 4. The summed E-state index contributed by atoms with van der Waals surface area (Å²) < 4.78 is 7.07. The molecule has 118 valence electrons. The van der Waals surface area contributed by atoms with Crippen molar-refractivity contribution < 1.29 is 9.53 Å². The number of aromatic nitrogens is 2. The van der Waals surface area contributed by atoms with E-state index in [1.165, 1.54) is 0 Å². The van der Waals surface area contributed by atoms with Gasteiger partial charge in [0.15, 0.2) is 11.4 Å². The second-order valence-corrected chi connectivity index (χ2v) is 5.43. The van der Waals surface area contributed by atoms with Gasteiger partial charge in [-0.05, 0) is 42.8 Å². The lowest BCUT2D eigenvalue weighted by molar-refractivity contribution is 0.102. The first-order valence-corrected chi connectivity index (χ1v) is 7.62. The molecule has 1 N–H and O–H groups in total. The van der Waals surface area contributed by atoms with Crippen molar-refractivity contribution in [3.05, 3.63) is 59.0 Å². The van der Waals surface area contributed by atoms with E-state index in [1.54, 1.807) is 42.0 Å². The highest BCUT2D eigenvalue weighted by Gasteiger charge is 2.20. The van der Waals surface area contributed by atoms with Crippen LogP contribution in [-0.2, 0) is 6.42 Å². The van der Waals surface area contributed by atoms with Crippen LogP contribution < -0.4 is 10.1 Å². The van der Waals surface area contributed by atoms with Gasteiger partial charge in [-0.25, -0.2) is 4.98 Å². The fraction of sp³-hybridized carbons (Fsp3) is 0.176. The van der Waals surface area contributed by atoms with Gasteiger partial charge in [-0.15, -0.1) is 0 Å². The number of aryl methyl sites for hydroxylation is 1. The van der Waals surface area contributed by atoms with E-state index in [0.29, 0.717) is 34.2 Å². The zero-order valence-corrected chi connectivity index (χ0v) is 13.6. The molecular weight excluding hydrogens is 314 g/mol. The zero-order chi connectivity index (χ0) is 16.4. The highest BCUT2D eigenvalue weighted by atomic mass is 35.5. The van der Waals surface area contributed by atoms with Crippen LogP contribution >= 0.6 is 11.6 Å². The maximum atomic E-state index is 12.7. The number of pyridine rings is 1. The van der Waals surface area contributed by atoms with Gasteiger partial charge in [-0.3, -0.25) is 9.20 Å². The number of benzene rings is 1. The smallest absolute Gasteiger partial charge is 0.274 e. The van der Waals surface area contributed by atoms with Gasteiger partial charge >= 0.3 is 0 Å². The number of carbonyl (C=O) groups excluding carboxylic acids is 1. The van der Waals surface area contributed by atoms with Crippen LogP contribution in [-0.4, -0.2) is 22.4 Å². The number of methoxy groups -OCH3 is 1. The molecule has 0 aliphatic rings. The molecule has 0 saturated carbocycles. The van der Waals surface area contributed by atoms with Gasteiger partial charge in [0.05, 0.1) is 12.8 Å². The van der Waals surface area contributed by atoms with Crippen LogP contribution in [0.15, 0.2) is 42.6 Å². The molecule has 0 unspecified atom stereocenters. The molecule has 3 rings (SSSR count). The van der Waals surface area contributed by atoms with Crippen LogP contribution in [0.25, 0.3) is 5.65 Å². The second-order valence-electron chi connectivity index (χ2n) is 4.99. The average molecular weight is 330 g/mol. The normalized spacial score (nSPS) is 10.7. The highest BCUT2D eigenvalue weighted by molar-refractivity contribution is 6.30. The van der Waals surface area contributed by atoms with E-state index in [0.717, 1.165) is 5.69 Å². The summed E-state index contributed by atoms with van der Waals surface area (Å²) in [7, 11) is 1.59. The van der Waals surface area contributed by atoms with Crippen molar-refractivity contribution in [2.45, 2.75) is 13.3 Å². The number of nitrogens with one attached hydrogen (secondary N) is 1. The number of carbonyl (C=O) groups is 1. The molecule has 0 bridgehead atoms. The molecule has 0 aliphatic carbocycles. The number of imidazole rings is 1. The standard InChI is InChI=1S/C17H16ClN3O2/c1-3-13-15(17(22)19-12-8-6-11(18)7-9-12)21-10-4-5-14(23-2)16(21)20-13/h4-10H,3H2,1-2H3,(H,19,22). The van der Waals surface area contributed by atoms with E-state index in [1.807, 2.05) is 19.1 Å². The summed E-state index contributed by atoms with van der Waals surface area (Å²) in [5, 5.41) is 3.50. The van der Waals surface area contributed by atoms with Crippen molar-refractivity contribution in [3.63, 3.8) is 0 Å².